The molecule has 4 aromatic rings. The molecule has 11 nitrogen and oxygen atoms in total. The number of nitrogens with zero attached hydrogens (tertiary/aromatic N) is 3. The molecule has 0 aliphatic carbocycles. The number of hydrogen-bond acceptors (Lipinski definition) is 7. The van der Waals surface area contributed by atoms with Crippen LogP contribution in [0.25, 0.3) is 0 Å². The number of sulfonamides is 1. The summed E-state index contributed by atoms with van der Waals surface area (Å²) in [6.45, 7) is -0.707. The molecule has 228 valence electrons. The number of nitro benzene ring substituents is 1. The smallest absolute Gasteiger partial charge is 0.269 e. The highest BCUT2D eigenvalue weighted by Crippen LogP contribution is 2.27. The van der Waals surface area contributed by atoms with E-state index in [1.807, 2.05) is 30.3 Å². The van der Waals surface area contributed by atoms with Crippen LogP contribution >= 0.6 is 0 Å². The Kier molecular flexibility index (Phi) is 10.3. The second-order valence-corrected chi connectivity index (χ2v) is 11.7. The van der Waals surface area contributed by atoms with Crippen molar-refractivity contribution in [1.82, 2.24) is 10.2 Å². The molecule has 0 bridgehead atoms. The molecule has 1 unspecified atom stereocenters. The molecule has 0 radical (unpaired) electrons. The second-order valence-electron chi connectivity index (χ2n) is 9.79. The fraction of sp³-hybridized carbons (Fsp3) is 0.188. The van der Waals surface area contributed by atoms with Crippen LogP contribution in [0.2, 0.25) is 0 Å². The van der Waals surface area contributed by atoms with Gasteiger partial charge in [-0.1, -0.05) is 60.7 Å². The van der Waals surface area contributed by atoms with Crippen molar-refractivity contribution in [3.8, 4) is 5.75 Å². The van der Waals surface area contributed by atoms with Crippen LogP contribution < -0.4 is 14.4 Å². The summed E-state index contributed by atoms with van der Waals surface area (Å²) >= 11 is 0. The maximum absolute atomic E-state index is 14.3. The van der Waals surface area contributed by atoms with Crippen LogP contribution in [0.3, 0.4) is 0 Å². The van der Waals surface area contributed by atoms with Crippen LogP contribution in [-0.2, 0) is 32.6 Å². The fourth-order valence-electron chi connectivity index (χ4n) is 4.68. The Bertz CT molecular complexity index is 1700. The second kappa shape index (κ2) is 14.3. The van der Waals surface area contributed by atoms with Crippen LogP contribution in [0.4, 0.5) is 11.4 Å². The average Bonchev–Trinajstić information content (AvgIpc) is 3.05. The highest BCUT2D eigenvalue weighted by molar-refractivity contribution is 7.92. The van der Waals surface area contributed by atoms with Crippen molar-refractivity contribution in [3.05, 3.63) is 130 Å². The number of amides is 2. The van der Waals surface area contributed by atoms with Gasteiger partial charge in [0.2, 0.25) is 11.8 Å². The summed E-state index contributed by atoms with van der Waals surface area (Å²) in [6.07, 6.45) is 0.166. The zero-order valence-electron chi connectivity index (χ0n) is 24.2. The third-order valence-electron chi connectivity index (χ3n) is 6.96. The standard InChI is InChI=1S/C32H32N4O7S/c1-33-32(38)30(21-24-10-5-3-6-11-24)34(22-25-12-9-13-28(20-25)43-2)31(37)23-35(26-16-18-27(19-17-26)36(39)40)44(41,42)29-14-7-4-8-15-29/h3-20,30H,21-23H2,1-2H3,(H,33,38). The topological polar surface area (TPSA) is 139 Å². The molecule has 0 saturated heterocycles. The Balaban J connectivity index is 1.80. The molecule has 0 spiro atoms. The van der Waals surface area contributed by atoms with E-state index < -0.39 is 39.3 Å². The maximum Gasteiger partial charge on any atom is 0.269 e. The molecule has 0 fully saturated rings. The Morgan fingerprint density at radius 1 is 0.886 bits per heavy atom. The van der Waals surface area contributed by atoms with E-state index in [1.165, 1.54) is 55.5 Å². The third kappa shape index (κ3) is 7.58. The minimum atomic E-state index is -4.31. The van der Waals surface area contributed by atoms with Crippen LogP contribution in [0.15, 0.2) is 114 Å². The van der Waals surface area contributed by atoms with Crippen LogP contribution in [0.1, 0.15) is 11.1 Å². The van der Waals surface area contributed by atoms with E-state index in [9.17, 15) is 28.1 Å². The normalized spacial score (nSPS) is 11.7. The molecule has 4 aromatic carbocycles. The number of carbonyl (C=O) groups excluding carboxylic acids is 2. The molecule has 0 aliphatic heterocycles. The van der Waals surface area contributed by atoms with Gasteiger partial charge in [0.1, 0.15) is 18.3 Å². The minimum absolute atomic E-state index is 0.0273. The number of anilines is 1. The number of non-ortho nitro benzene ring substituents is 1. The summed E-state index contributed by atoms with van der Waals surface area (Å²) in [5.41, 5.74) is 1.27. The van der Waals surface area contributed by atoms with E-state index in [1.54, 1.807) is 42.5 Å². The molecule has 0 aliphatic rings. The molecule has 44 heavy (non-hydrogen) atoms. The van der Waals surface area contributed by atoms with Gasteiger partial charge >= 0.3 is 0 Å². The van der Waals surface area contributed by atoms with Gasteiger partial charge in [-0.25, -0.2) is 8.42 Å². The Morgan fingerprint density at radius 2 is 1.50 bits per heavy atom. The van der Waals surface area contributed by atoms with Crippen molar-refractivity contribution in [2.24, 2.45) is 0 Å². The molecule has 0 aromatic heterocycles. The first-order valence-corrected chi connectivity index (χ1v) is 15.1. The van der Waals surface area contributed by atoms with Crippen molar-refractivity contribution in [3.63, 3.8) is 0 Å². The Hall–Kier alpha value is -5.23. The number of nitrogens with one attached hydrogen (secondary N) is 1. The van der Waals surface area contributed by atoms with Crippen LogP contribution in [0.5, 0.6) is 5.75 Å². The number of methoxy groups -OCH3 is 1. The number of likely N-dealkylation sites (N-methyl/N-ethyl adjacent to an activating group) is 1. The van der Waals surface area contributed by atoms with Crippen molar-refractivity contribution in [2.45, 2.75) is 23.9 Å². The van der Waals surface area contributed by atoms with Gasteiger partial charge < -0.3 is 15.0 Å². The number of ether oxygens (including phenoxy) is 1. The first-order chi connectivity index (χ1) is 21.1. The molecular weight excluding hydrogens is 584 g/mol. The molecule has 0 saturated carbocycles. The highest BCUT2D eigenvalue weighted by atomic mass is 32.2. The van der Waals surface area contributed by atoms with E-state index in [-0.39, 0.29) is 29.2 Å². The summed E-state index contributed by atoms with van der Waals surface area (Å²) in [5, 5.41) is 13.9. The minimum Gasteiger partial charge on any atom is -0.497 e. The number of nitro groups is 1. The van der Waals surface area contributed by atoms with E-state index in [4.69, 9.17) is 4.74 Å². The summed E-state index contributed by atoms with van der Waals surface area (Å²) in [7, 11) is -1.33. The number of benzene rings is 4. The largest absolute Gasteiger partial charge is 0.497 e. The lowest BCUT2D eigenvalue weighted by molar-refractivity contribution is -0.384. The van der Waals surface area contributed by atoms with Crippen LogP contribution in [0, 0.1) is 10.1 Å². The number of carbonyl (C=O) groups is 2. The number of hydrogen-bond donors (Lipinski definition) is 1. The summed E-state index contributed by atoms with van der Waals surface area (Å²) in [6, 6.07) is 27.7. The number of rotatable bonds is 13. The highest BCUT2D eigenvalue weighted by Gasteiger charge is 2.34. The fourth-order valence-corrected chi connectivity index (χ4v) is 6.11. The summed E-state index contributed by atoms with van der Waals surface area (Å²) in [4.78, 5) is 39.6. The Morgan fingerprint density at radius 3 is 2.09 bits per heavy atom. The maximum atomic E-state index is 14.3. The van der Waals surface area contributed by atoms with Gasteiger partial charge in [0, 0.05) is 32.1 Å². The van der Waals surface area contributed by atoms with Gasteiger partial charge in [0.25, 0.3) is 15.7 Å². The molecular formula is C32H32N4O7S. The lowest BCUT2D eigenvalue weighted by Gasteiger charge is -2.33. The predicted octanol–water partition coefficient (Wildman–Crippen LogP) is 4.18. The first kappa shape index (κ1) is 31.7. The monoisotopic (exact) mass is 616 g/mol. The van der Waals surface area contributed by atoms with Crippen molar-refractivity contribution >= 4 is 33.2 Å². The molecule has 0 heterocycles. The van der Waals surface area contributed by atoms with Gasteiger partial charge in [-0.05, 0) is 47.5 Å². The van der Waals surface area contributed by atoms with E-state index in [0.29, 0.717) is 11.3 Å². The molecule has 1 atom stereocenters. The SMILES string of the molecule is CNC(=O)C(Cc1ccccc1)N(Cc1cccc(OC)c1)C(=O)CN(c1ccc([N+](=O)[O-])cc1)S(=O)(=O)c1ccccc1. The van der Waals surface area contributed by atoms with E-state index in [2.05, 4.69) is 5.32 Å². The van der Waals surface area contributed by atoms with Crippen molar-refractivity contribution in [1.29, 1.82) is 0 Å². The molecule has 4 rings (SSSR count). The van der Waals surface area contributed by atoms with Crippen molar-refractivity contribution < 1.29 is 27.7 Å². The zero-order valence-corrected chi connectivity index (χ0v) is 25.0. The van der Waals surface area contributed by atoms with E-state index >= 15 is 0 Å². The Labute approximate surface area is 255 Å². The van der Waals surface area contributed by atoms with Gasteiger partial charge in [-0.3, -0.25) is 24.0 Å². The first-order valence-electron chi connectivity index (χ1n) is 13.6. The quantitative estimate of drug-likeness (QED) is 0.176. The zero-order chi connectivity index (χ0) is 31.7. The predicted molar refractivity (Wildman–Crippen MR) is 166 cm³/mol. The lowest BCUT2D eigenvalue weighted by atomic mass is 10.0. The molecule has 12 heteroatoms. The summed E-state index contributed by atoms with van der Waals surface area (Å²) in [5.74, 6) is -0.540. The van der Waals surface area contributed by atoms with Gasteiger partial charge in [0.15, 0.2) is 0 Å². The van der Waals surface area contributed by atoms with Gasteiger partial charge in [0.05, 0.1) is 22.6 Å². The van der Waals surface area contributed by atoms with Crippen LogP contribution in [-0.4, -0.2) is 56.8 Å². The average molecular weight is 617 g/mol. The van der Waals surface area contributed by atoms with Gasteiger partial charge in [-0.2, -0.15) is 0 Å². The van der Waals surface area contributed by atoms with Crippen molar-refractivity contribution in [2.75, 3.05) is 25.0 Å². The lowest BCUT2D eigenvalue weighted by Crippen LogP contribution is -2.53. The molecule has 1 N–H and O–H groups in total. The van der Waals surface area contributed by atoms with Gasteiger partial charge in [-0.15, -0.1) is 0 Å². The third-order valence-corrected chi connectivity index (χ3v) is 8.75. The van der Waals surface area contributed by atoms with E-state index in [0.717, 1.165) is 9.87 Å². The molecule has 2 amide bonds. The summed E-state index contributed by atoms with van der Waals surface area (Å²) < 4.78 is 34.1.